The average molecular weight is 446 g/mol. The highest BCUT2D eigenvalue weighted by Crippen LogP contribution is 2.44. The third-order valence-corrected chi connectivity index (χ3v) is 11.7. The molecule has 32 heavy (non-hydrogen) atoms. The van der Waals surface area contributed by atoms with Crippen LogP contribution in [0.2, 0.25) is 5.04 Å². The standard InChI is InChI=1S/C25H31N5OSi/c1-25(2,3)32(21-11-7-5-8-12-21,22-13-9-6-10-14-22)31-18-20-15-19(16-27-29-26)23-17-28-30(4)24(20)23/h5-14,17,19-20H,15-16,18H2,1-4H3/t19-,20+/m0/s1. The third-order valence-electron chi connectivity index (χ3n) is 6.69. The Kier molecular flexibility index (Phi) is 6.24. The van der Waals surface area contributed by atoms with E-state index in [9.17, 15) is 0 Å². The second-order valence-electron chi connectivity index (χ2n) is 9.63. The number of benzene rings is 2. The van der Waals surface area contributed by atoms with E-state index in [-0.39, 0.29) is 16.9 Å². The SMILES string of the molecule is Cn1ncc2c1[C@@H](CO[Si](c1ccccc1)(c1ccccc1)C(C)(C)C)C[C@H]2CN=[N+]=[N-]. The number of hydrogen-bond acceptors (Lipinski definition) is 3. The van der Waals surface area contributed by atoms with Gasteiger partial charge in [-0.1, -0.05) is 86.5 Å². The van der Waals surface area contributed by atoms with E-state index in [1.807, 2.05) is 17.9 Å². The zero-order valence-electron chi connectivity index (χ0n) is 19.3. The fourth-order valence-corrected chi connectivity index (χ4v) is 9.91. The highest BCUT2D eigenvalue weighted by atomic mass is 28.4. The van der Waals surface area contributed by atoms with E-state index in [1.165, 1.54) is 21.6 Å². The monoisotopic (exact) mass is 445 g/mol. The molecule has 0 fully saturated rings. The number of aryl methyl sites for hydroxylation is 1. The van der Waals surface area contributed by atoms with Gasteiger partial charge >= 0.3 is 0 Å². The van der Waals surface area contributed by atoms with Crippen LogP contribution in [0.3, 0.4) is 0 Å². The maximum absolute atomic E-state index is 8.82. The number of nitrogens with zero attached hydrogens (tertiary/aromatic N) is 5. The summed E-state index contributed by atoms with van der Waals surface area (Å²) in [6.07, 6.45) is 2.84. The van der Waals surface area contributed by atoms with Gasteiger partial charge in [0.2, 0.25) is 0 Å². The molecule has 1 heterocycles. The fourth-order valence-electron chi connectivity index (χ4n) is 5.30. The van der Waals surface area contributed by atoms with Crippen molar-refractivity contribution in [1.82, 2.24) is 9.78 Å². The number of aromatic nitrogens is 2. The smallest absolute Gasteiger partial charge is 0.261 e. The van der Waals surface area contributed by atoms with Crippen molar-refractivity contribution in [3.05, 3.63) is 88.6 Å². The lowest BCUT2D eigenvalue weighted by Gasteiger charge is -2.43. The third kappa shape index (κ3) is 3.88. The van der Waals surface area contributed by atoms with E-state index in [0.717, 1.165) is 6.42 Å². The summed E-state index contributed by atoms with van der Waals surface area (Å²) in [6, 6.07) is 21.5. The normalized spacial score (nSPS) is 18.2. The molecule has 0 unspecified atom stereocenters. The molecule has 1 aromatic heterocycles. The Labute approximate surface area is 191 Å². The predicted molar refractivity (Wildman–Crippen MR) is 131 cm³/mol. The summed E-state index contributed by atoms with van der Waals surface area (Å²) in [5.41, 5.74) is 11.2. The minimum atomic E-state index is -2.59. The van der Waals surface area contributed by atoms with E-state index in [0.29, 0.717) is 13.2 Å². The van der Waals surface area contributed by atoms with Gasteiger partial charge in [-0.15, -0.1) is 0 Å². The lowest BCUT2D eigenvalue weighted by Crippen LogP contribution is -2.66. The Morgan fingerprint density at radius 3 is 2.19 bits per heavy atom. The Morgan fingerprint density at radius 2 is 1.66 bits per heavy atom. The molecule has 2 aromatic carbocycles. The molecule has 4 rings (SSSR count). The van der Waals surface area contributed by atoms with Crippen molar-refractivity contribution < 1.29 is 4.43 Å². The van der Waals surface area contributed by atoms with Gasteiger partial charge in [-0.3, -0.25) is 4.68 Å². The number of azide groups is 1. The molecule has 3 aromatic rings. The van der Waals surface area contributed by atoms with Gasteiger partial charge in [-0.05, 0) is 38.8 Å². The van der Waals surface area contributed by atoms with Crippen LogP contribution in [0.25, 0.3) is 10.4 Å². The topological polar surface area (TPSA) is 75.8 Å². The average Bonchev–Trinajstić information content (AvgIpc) is 3.34. The van der Waals surface area contributed by atoms with Gasteiger partial charge in [-0.2, -0.15) is 5.10 Å². The van der Waals surface area contributed by atoms with Gasteiger partial charge in [0.1, 0.15) is 0 Å². The molecular formula is C25H31N5OSi. The molecule has 0 amide bonds. The highest BCUT2D eigenvalue weighted by molar-refractivity contribution is 6.99. The van der Waals surface area contributed by atoms with E-state index in [1.54, 1.807) is 0 Å². The number of hydrogen-bond donors (Lipinski definition) is 0. The Morgan fingerprint density at radius 1 is 1.06 bits per heavy atom. The molecule has 0 radical (unpaired) electrons. The van der Waals surface area contributed by atoms with Crippen LogP contribution in [0.5, 0.6) is 0 Å². The lowest BCUT2D eigenvalue weighted by molar-refractivity contribution is 0.262. The lowest BCUT2D eigenvalue weighted by atomic mass is 10.0. The molecule has 1 aliphatic rings. The predicted octanol–water partition coefficient (Wildman–Crippen LogP) is 4.88. The van der Waals surface area contributed by atoms with Gasteiger partial charge < -0.3 is 4.43 Å². The second kappa shape index (κ2) is 8.94. The molecule has 0 saturated carbocycles. The molecule has 7 heteroatoms. The van der Waals surface area contributed by atoms with Crippen LogP contribution < -0.4 is 10.4 Å². The maximum Gasteiger partial charge on any atom is 0.261 e. The van der Waals surface area contributed by atoms with Crippen LogP contribution >= 0.6 is 0 Å². The summed E-state index contributed by atoms with van der Waals surface area (Å²) < 4.78 is 9.14. The van der Waals surface area contributed by atoms with E-state index in [4.69, 9.17) is 9.96 Å². The van der Waals surface area contributed by atoms with Gasteiger partial charge in [0.05, 0.1) is 6.20 Å². The number of rotatable bonds is 7. The quantitative estimate of drug-likeness (QED) is 0.225. The van der Waals surface area contributed by atoms with Crippen LogP contribution in [0.1, 0.15) is 50.3 Å². The molecule has 0 aliphatic heterocycles. The summed E-state index contributed by atoms with van der Waals surface area (Å²) in [6.45, 7) is 7.98. The van der Waals surface area contributed by atoms with Crippen molar-refractivity contribution in [2.45, 2.75) is 44.1 Å². The van der Waals surface area contributed by atoms with Crippen LogP contribution in [0.15, 0.2) is 72.0 Å². The summed E-state index contributed by atoms with van der Waals surface area (Å²) in [7, 11) is -0.603. The maximum atomic E-state index is 8.82. The first-order valence-corrected chi connectivity index (χ1v) is 13.1. The van der Waals surface area contributed by atoms with Gasteiger partial charge in [0, 0.05) is 36.7 Å². The zero-order chi connectivity index (χ0) is 22.8. The van der Waals surface area contributed by atoms with Crippen LogP contribution in [-0.4, -0.2) is 31.2 Å². The molecular weight excluding hydrogens is 414 g/mol. The molecule has 0 bridgehead atoms. The Hall–Kier alpha value is -2.86. The first kappa shape index (κ1) is 22.3. The van der Waals surface area contributed by atoms with Crippen LogP contribution in [-0.2, 0) is 11.5 Å². The first-order valence-electron chi connectivity index (χ1n) is 11.2. The molecule has 166 valence electrons. The summed E-state index contributed by atoms with van der Waals surface area (Å²) in [5, 5.41) is 10.9. The Bertz CT molecular complexity index is 1060. The zero-order valence-corrected chi connectivity index (χ0v) is 20.3. The van der Waals surface area contributed by atoms with Crippen molar-refractivity contribution in [1.29, 1.82) is 0 Å². The summed E-state index contributed by atoms with van der Waals surface area (Å²) >= 11 is 0. The first-order chi connectivity index (χ1) is 15.4. The van der Waals surface area contributed by atoms with Gasteiger partial charge in [0.15, 0.2) is 0 Å². The van der Waals surface area contributed by atoms with E-state index >= 15 is 0 Å². The van der Waals surface area contributed by atoms with Crippen molar-refractivity contribution in [2.24, 2.45) is 12.2 Å². The van der Waals surface area contributed by atoms with Crippen LogP contribution in [0.4, 0.5) is 0 Å². The highest BCUT2D eigenvalue weighted by Gasteiger charge is 2.51. The van der Waals surface area contributed by atoms with E-state index in [2.05, 4.69) is 96.6 Å². The Balaban J connectivity index is 1.73. The largest absolute Gasteiger partial charge is 0.407 e. The fraction of sp³-hybridized carbons (Fsp3) is 0.400. The van der Waals surface area contributed by atoms with Crippen LogP contribution in [0, 0.1) is 0 Å². The molecule has 0 N–H and O–H groups in total. The van der Waals surface area contributed by atoms with Gasteiger partial charge in [0.25, 0.3) is 8.32 Å². The molecule has 6 nitrogen and oxygen atoms in total. The minimum Gasteiger partial charge on any atom is -0.407 e. The molecule has 2 atom stereocenters. The minimum absolute atomic E-state index is 0.0614. The number of fused-ring (bicyclic) bond motifs is 1. The molecule has 0 spiro atoms. The second-order valence-corrected chi connectivity index (χ2v) is 13.9. The molecule has 0 saturated heterocycles. The van der Waals surface area contributed by atoms with Crippen molar-refractivity contribution in [3.8, 4) is 0 Å². The van der Waals surface area contributed by atoms with Crippen molar-refractivity contribution >= 4 is 18.7 Å². The summed E-state index contributed by atoms with van der Waals surface area (Å²) in [4.78, 5) is 2.97. The van der Waals surface area contributed by atoms with Gasteiger partial charge in [-0.25, -0.2) is 0 Å². The summed E-state index contributed by atoms with van der Waals surface area (Å²) in [5.74, 6) is 0.417. The van der Waals surface area contributed by atoms with Crippen molar-refractivity contribution in [3.63, 3.8) is 0 Å². The van der Waals surface area contributed by atoms with E-state index < -0.39 is 8.32 Å². The molecule has 1 aliphatic carbocycles. The van der Waals surface area contributed by atoms with Crippen molar-refractivity contribution in [2.75, 3.05) is 13.2 Å².